The highest BCUT2D eigenvalue weighted by molar-refractivity contribution is 9.10. The van der Waals surface area contributed by atoms with E-state index < -0.39 is 0 Å². The maximum absolute atomic E-state index is 4.37. The third kappa shape index (κ3) is 4.38. The lowest BCUT2D eigenvalue weighted by atomic mass is 9.95. The molecule has 1 saturated carbocycles. The summed E-state index contributed by atoms with van der Waals surface area (Å²) in [6, 6.07) is 9.33. The second kappa shape index (κ2) is 6.71. The molecule has 1 heterocycles. The molecule has 112 valence electrons. The highest BCUT2D eigenvalue weighted by Gasteiger charge is 2.22. The Morgan fingerprint density at radius 1 is 1.38 bits per heavy atom. The Morgan fingerprint density at radius 3 is 2.90 bits per heavy atom. The third-order valence-electron chi connectivity index (χ3n) is 3.96. The van der Waals surface area contributed by atoms with E-state index in [4.69, 9.17) is 0 Å². The van der Waals surface area contributed by atoms with Crippen LogP contribution in [0.4, 0.5) is 0 Å². The van der Waals surface area contributed by atoms with Gasteiger partial charge in [0, 0.05) is 24.0 Å². The molecular formula is C16H21BrN4. The van der Waals surface area contributed by atoms with Gasteiger partial charge >= 0.3 is 0 Å². The van der Waals surface area contributed by atoms with Crippen LogP contribution in [0.2, 0.25) is 0 Å². The lowest BCUT2D eigenvalue weighted by molar-refractivity contribution is 0.451. The van der Waals surface area contributed by atoms with Crippen LogP contribution in [-0.4, -0.2) is 27.4 Å². The summed E-state index contributed by atoms with van der Waals surface area (Å²) in [4.78, 5) is 4.37. The van der Waals surface area contributed by atoms with Gasteiger partial charge in [-0.3, -0.25) is 4.68 Å². The van der Waals surface area contributed by atoms with E-state index in [0.717, 1.165) is 35.7 Å². The van der Waals surface area contributed by atoms with Crippen LogP contribution in [0.5, 0.6) is 0 Å². The average molecular weight is 349 g/mol. The van der Waals surface area contributed by atoms with Crippen LogP contribution in [0.15, 0.2) is 35.1 Å². The predicted octanol–water partition coefficient (Wildman–Crippen LogP) is 2.73. The smallest absolute Gasteiger partial charge is 0.138 e. The van der Waals surface area contributed by atoms with Crippen LogP contribution < -0.4 is 5.32 Å². The number of rotatable bonds is 7. The topological polar surface area (TPSA) is 42.7 Å². The molecule has 1 atom stereocenters. The van der Waals surface area contributed by atoms with Crippen molar-refractivity contribution in [1.29, 1.82) is 0 Å². The first-order chi connectivity index (χ1) is 10.2. The minimum atomic E-state index is 0.544. The molecule has 1 fully saturated rings. The van der Waals surface area contributed by atoms with Gasteiger partial charge in [-0.05, 0) is 49.4 Å². The van der Waals surface area contributed by atoms with E-state index >= 15 is 0 Å². The lowest BCUT2D eigenvalue weighted by Crippen LogP contribution is -2.28. The number of halogens is 1. The fourth-order valence-corrected chi connectivity index (χ4v) is 3.04. The first-order valence-corrected chi connectivity index (χ1v) is 8.30. The van der Waals surface area contributed by atoms with Crippen LogP contribution in [0.25, 0.3) is 0 Å². The number of benzene rings is 1. The number of hydrogen-bond acceptors (Lipinski definition) is 3. The van der Waals surface area contributed by atoms with E-state index in [-0.39, 0.29) is 0 Å². The highest BCUT2D eigenvalue weighted by Crippen LogP contribution is 2.21. The summed E-state index contributed by atoms with van der Waals surface area (Å²) in [5, 5.41) is 7.83. The molecule has 0 bridgehead atoms. The lowest BCUT2D eigenvalue weighted by Gasteiger charge is -2.17. The Hall–Kier alpha value is -1.20. The van der Waals surface area contributed by atoms with Gasteiger partial charge in [0.15, 0.2) is 0 Å². The van der Waals surface area contributed by atoms with E-state index in [1.807, 2.05) is 11.7 Å². The number of nitrogens with zero attached hydrogens (tertiary/aromatic N) is 3. The minimum Gasteiger partial charge on any atom is -0.314 e. The van der Waals surface area contributed by atoms with Gasteiger partial charge in [0.05, 0.1) is 0 Å². The first-order valence-electron chi connectivity index (χ1n) is 7.51. The summed E-state index contributed by atoms with van der Waals surface area (Å²) in [5.41, 5.74) is 1.37. The van der Waals surface area contributed by atoms with Gasteiger partial charge in [0.25, 0.3) is 0 Å². The average Bonchev–Trinajstić information content (AvgIpc) is 3.20. The standard InChI is InChI=1S/C16H21BrN4/c1-21-16(19-11-20-21)9-13(10-18-15-5-6-15)7-12-3-2-4-14(17)8-12/h2-4,8,11,13,15,18H,5-7,9-10H2,1H3. The second-order valence-corrected chi connectivity index (χ2v) is 6.80. The summed E-state index contributed by atoms with van der Waals surface area (Å²) < 4.78 is 3.03. The SMILES string of the molecule is Cn1ncnc1CC(CNC1CC1)Cc1cccc(Br)c1. The first kappa shape index (κ1) is 14.7. The van der Waals surface area contributed by atoms with Crippen molar-refractivity contribution in [2.24, 2.45) is 13.0 Å². The molecule has 0 aliphatic heterocycles. The largest absolute Gasteiger partial charge is 0.314 e. The Kier molecular flexibility index (Phi) is 4.70. The van der Waals surface area contributed by atoms with E-state index in [2.05, 4.69) is 55.6 Å². The van der Waals surface area contributed by atoms with Crippen molar-refractivity contribution in [1.82, 2.24) is 20.1 Å². The van der Waals surface area contributed by atoms with Gasteiger partial charge in [0.2, 0.25) is 0 Å². The zero-order valence-corrected chi connectivity index (χ0v) is 13.9. The van der Waals surface area contributed by atoms with Crippen LogP contribution in [0.3, 0.4) is 0 Å². The molecule has 2 aromatic rings. The number of aryl methyl sites for hydroxylation is 1. The predicted molar refractivity (Wildman–Crippen MR) is 87.1 cm³/mol. The Morgan fingerprint density at radius 2 is 2.24 bits per heavy atom. The molecule has 21 heavy (non-hydrogen) atoms. The Bertz CT molecular complexity index is 591. The van der Waals surface area contributed by atoms with Crippen molar-refractivity contribution >= 4 is 15.9 Å². The fourth-order valence-electron chi connectivity index (χ4n) is 2.60. The van der Waals surface area contributed by atoms with Crippen molar-refractivity contribution in [3.05, 3.63) is 46.5 Å². The van der Waals surface area contributed by atoms with E-state index in [1.54, 1.807) is 6.33 Å². The molecular weight excluding hydrogens is 328 g/mol. The van der Waals surface area contributed by atoms with Gasteiger partial charge in [-0.25, -0.2) is 4.98 Å². The molecule has 1 aliphatic rings. The molecule has 0 radical (unpaired) electrons. The van der Waals surface area contributed by atoms with Gasteiger partial charge in [-0.1, -0.05) is 28.1 Å². The highest BCUT2D eigenvalue weighted by atomic mass is 79.9. The van der Waals surface area contributed by atoms with Gasteiger partial charge in [0.1, 0.15) is 12.2 Å². The number of aromatic nitrogens is 3. The van der Waals surface area contributed by atoms with Crippen molar-refractivity contribution in [3.8, 4) is 0 Å². The molecule has 4 nitrogen and oxygen atoms in total. The summed E-state index contributed by atoms with van der Waals surface area (Å²) in [6.07, 6.45) is 6.32. The number of nitrogens with one attached hydrogen (secondary N) is 1. The van der Waals surface area contributed by atoms with Crippen molar-refractivity contribution in [2.45, 2.75) is 31.7 Å². The Labute approximate surface area is 134 Å². The van der Waals surface area contributed by atoms with Crippen molar-refractivity contribution in [3.63, 3.8) is 0 Å². The zero-order valence-electron chi connectivity index (χ0n) is 12.3. The van der Waals surface area contributed by atoms with Gasteiger partial charge in [-0.2, -0.15) is 5.10 Å². The molecule has 5 heteroatoms. The molecule has 1 unspecified atom stereocenters. The third-order valence-corrected chi connectivity index (χ3v) is 4.46. The zero-order chi connectivity index (χ0) is 14.7. The minimum absolute atomic E-state index is 0.544. The number of hydrogen-bond donors (Lipinski definition) is 1. The van der Waals surface area contributed by atoms with Crippen LogP contribution >= 0.6 is 15.9 Å². The molecule has 1 N–H and O–H groups in total. The molecule has 1 aromatic heterocycles. The van der Waals surface area contributed by atoms with Gasteiger partial charge < -0.3 is 5.32 Å². The van der Waals surface area contributed by atoms with Crippen LogP contribution in [0, 0.1) is 5.92 Å². The van der Waals surface area contributed by atoms with E-state index in [9.17, 15) is 0 Å². The second-order valence-electron chi connectivity index (χ2n) is 5.89. The summed E-state index contributed by atoms with van der Waals surface area (Å²) in [6.45, 7) is 1.05. The van der Waals surface area contributed by atoms with E-state index in [1.165, 1.54) is 18.4 Å². The molecule has 3 rings (SSSR count). The van der Waals surface area contributed by atoms with Crippen molar-refractivity contribution in [2.75, 3.05) is 6.54 Å². The molecule has 0 spiro atoms. The summed E-state index contributed by atoms with van der Waals surface area (Å²) in [7, 11) is 1.97. The summed E-state index contributed by atoms with van der Waals surface area (Å²) >= 11 is 3.55. The van der Waals surface area contributed by atoms with Crippen LogP contribution in [0.1, 0.15) is 24.2 Å². The molecule has 0 amide bonds. The molecule has 1 aliphatic carbocycles. The maximum atomic E-state index is 4.37. The fraction of sp³-hybridized carbons (Fsp3) is 0.500. The molecule has 1 aromatic carbocycles. The quantitative estimate of drug-likeness (QED) is 0.836. The Balaban J connectivity index is 1.67. The van der Waals surface area contributed by atoms with Crippen molar-refractivity contribution < 1.29 is 0 Å². The maximum Gasteiger partial charge on any atom is 0.138 e. The normalized spacial score (nSPS) is 16.1. The summed E-state index contributed by atoms with van der Waals surface area (Å²) in [5.74, 6) is 1.61. The van der Waals surface area contributed by atoms with E-state index in [0.29, 0.717) is 5.92 Å². The monoisotopic (exact) mass is 348 g/mol. The van der Waals surface area contributed by atoms with Crippen LogP contribution in [-0.2, 0) is 19.9 Å². The van der Waals surface area contributed by atoms with Gasteiger partial charge in [-0.15, -0.1) is 0 Å². The molecule has 0 saturated heterocycles.